The molecule has 2 rings (SSSR count). The second kappa shape index (κ2) is 6.25. The molecule has 1 aromatic carbocycles. The minimum Gasteiger partial charge on any atom is -0.495 e. The van der Waals surface area contributed by atoms with Crippen molar-refractivity contribution in [3.8, 4) is 17.2 Å². The number of aromatic nitrogens is 1. The normalized spacial score (nSPS) is 11.8. The molecular weight excluding hydrogens is 256 g/mol. The van der Waals surface area contributed by atoms with Gasteiger partial charge in [-0.3, -0.25) is 4.98 Å². The second-order valence-corrected chi connectivity index (χ2v) is 4.22. The molecule has 0 aliphatic heterocycles. The van der Waals surface area contributed by atoms with E-state index in [4.69, 9.17) is 19.9 Å². The topological polar surface area (TPSA) is 66.6 Å². The standard InChI is InChI=1S/C15H18N2O3/c1-18-11-7-10(8-17-9-11)14(16)12-5-4-6-13(19-2)15(12)20-3/h4-9,14H,16H2,1-3H3. The van der Waals surface area contributed by atoms with Gasteiger partial charge in [0, 0.05) is 11.8 Å². The summed E-state index contributed by atoms with van der Waals surface area (Å²) in [6.07, 6.45) is 3.35. The summed E-state index contributed by atoms with van der Waals surface area (Å²) in [7, 11) is 4.79. The third-order valence-electron chi connectivity index (χ3n) is 3.10. The third-order valence-corrected chi connectivity index (χ3v) is 3.10. The predicted octanol–water partition coefficient (Wildman–Crippen LogP) is 2.16. The maximum Gasteiger partial charge on any atom is 0.165 e. The minimum atomic E-state index is -0.373. The highest BCUT2D eigenvalue weighted by Gasteiger charge is 2.18. The number of benzene rings is 1. The Bertz CT molecular complexity index is 587. The van der Waals surface area contributed by atoms with Gasteiger partial charge in [0.25, 0.3) is 0 Å². The third kappa shape index (κ3) is 2.67. The Balaban J connectivity index is 2.44. The molecule has 20 heavy (non-hydrogen) atoms. The van der Waals surface area contributed by atoms with Gasteiger partial charge >= 0.3 is 0 Å². The lowest BCUT2D eigenvalue weighted by Gasteiger charge is -2.18. The van der Waals surface area contributed by atoms with Crippen molar-refractivity contribution >= 4 is 0 Å². The van der Waals surface area contributed by atoms with Crippen LogP contribution in [0.3, 0.4) is 0 Å². The molecule has 0 saturated heterocycles. The molecule has 1 aromatic heterocycles. The van der Waals surface area contributed by atoms with Crippen molar-refractivity contribution in [3.63, 3.8) is 0 Å². The zero-order valence-corrected chi connectivity index (χ0v) is 11.8. The molecule has 5 heteroatoms. The number of ether oxygens (including phenoxy) is 3. The van der Waals surface area contributed by atoms with Gasteiger partial charge < -0.3 is 19.9 Å². The van der Waals surface area contributed by atoms with Crippen LogP contribution in [0, 0.1) is 0 Å². The average molecular weight is 274 g/mol. The maximum atomic E-state index is 6.31. The number of hydrogen-bond acceptors (Lipinski definition) is 5. The minimum absolute atomic E-state index is 0.373. The van der Waals surface area contributed by atoms with Crippen molar-refractivity contribution in [2.45, 2.75) is 6.04 Å². The maximum absolute atomic E-state index is 6.31. The lowest BCUT2D eigenvalue weighted by molar-refractivity contribution is 0.350. The van der Waals surface area contributed by atoms with Gasteiger partial charge in [0.2, 0.25) is 0 Å². The van der Waals surface area contributed by atoms with Gasteiger partial charge in [-0.1, -0.05) is 12.1 Å². The Morgan fingerprint density at radius 2 is 1.85 bits per heavy atom. The van der Waals surface area contributed by atoms with Gasteiger partial charge in [-0.25, -0.2) is 0 Å². The van der Waals surface area contributed by atoms with Gasteiger partial charge in [0.05, 0.1) is 33.6 Å². The van der Waals surface area contributed by atoms with Crippen LogP contribution >= 0.6 is 0 Å². The summed E-state index contributed by atoms with van der Waals surface area (Å²) in [5.41, 5.74) is 7.99. The molecule has 0 aliphatic rings. The second-order valence-electron chi connectivity index (χ2n) is 4.22. The summed E-state index contributed by atoms with van der Waals surface area (Å²) in [6.45, 7) is 0. The summed E-state index contributed by atoms with van der Waals surface area (Å²) >= 11 is 0. The van der Waals surface area contributed by atoms with Gasteiger partial charge in [0.1, 0.15) is 5.75 Å². The number of hydrogen-bond donors (Lipinski definition) is 1. The lowest BCUT2D eigenvalue weighted by atomic mass is 9.99. The molecule has 0 spiro atoms. The van der Waals surface area contributed by atoms with Crippen LogP contribution in [0.2, 0.25) is 0 Å². The van der Waals surface area contributed by atoms with Crippen molar-refractivity contribution < 1.29 is 14.2 Å². The summed E-state index contributed by atoms with van der Waals surface area (Å²) in [4.78, 5) is 4.12. The quantitative estimate of drug-likeness (QED) is 0.905. The Morgan fingerprint density at radius 1 is 1.05 bits per heavy atom. The highest BCUT2D eigenvalue weighted by Crippen LogP contribution is 2.36. The molecule has 2 aromatic rings. The van der Waals surface area contributed by atoms with Crippen molar-refractivity contribution in [2.24, 2.45) is 5.73 Å². The van der Waals surface area contributed by atoms with E-state index in [9.17, 15) is 0 Å². The molecule has 0 saturated carbocycles. The number of pyridine rings is 1. The molecule has 0 radical (unpaired) electrons. The molecule has 1 unspecified atom stereocenters. The Kier molecular flexibility index (Phi) is 4.42. The fourth-order valence-electron chi connectivity index (χ4n) is 2.05. The monoisotopic (exact) mass is 274 g/mol. The van der Waals surface area contributed by atoms with Crippen molar-refractivity contribution in [1.82, 2.24) is 4.98 Å². The zero-order valence-electron chi connectivity index (χ0n) is 11.8. The van der Waals surface area contributed by atoms with Crippen LogP contribution < -0.4 is 19.9 Å². The van der Waals surface area contributed by atoms with Crippen LogP contribution in [0.1, 0.15) is 17.2 Å². The summed E-state index contributed by atoms with van der Waals surface area (Å²) in [5, 5.41) is 0. The van der Waals surface area contributed by atoms with Gasteiger partial charge in [-0.05, 0) is 17.7 Å². The number of para-hydroxylation sites is 1. The van der Waals surface area contributed by atoms with E-state index >= 15 is 0 Å². The fraction of sp³-hybridized carbons (Fsp3) is 0.267. The number of nitrogens with two attached hydrogens (primary N) is 1. The molecule has 1 atom stereocenters. The number of nitrogens with zero attached hydrogens (tertiary/aromatic N) is 1. The number of rotatable bonds is 5. The fourth-order valence-corrected chi connectivity index (χ4v) is 2.05. The van der Waals surface area contributed by atoms with E-state index in [-0.39, 0.29) is 6.04 Å². The summed E-state index contributed by atoms with van der Waals surface area (Å²) in [6, 6.07) is 7.10. The van der Waals surface area contributed by atoms with E-state index in [1.807, 2.05) is 24.3 Å². The summed E-state index contributed by atoms with van der Waals surface area (Å²) in [5.74, 6) is 1.95. The highest BCUT2D eigenvalue weighted by molar-refractivity contribution is 5.50. The first-order valence-electron chi connectivity index (χ1n) is 6.16. The molecule has 5 nitrogen and oxygen atoms in total. The van der Waals surface area contributed by atoms with E-state index in [0.717, 1.165) is 11.1 Å². The van der Waals surface area contributed by atoms with Gasteiger partial charge in [0.15, 0.2) is 11.5 Å². The van der Waals surface area contributed by atoms with E-state index in [1.54, 1.807) is 33.7 Å². The summed E-state index contributed by atoms with van der Waals surface area (Å²) < 4.78 is 15.9. The van der Waals surface area contributed by atoms with Crippen LogP contribution in [0.4, 0.5) is 0 Å². The zero-order chi connectivity index (χ0) is 14.5. The van der Waals surface area contributed by atoms with Gasteiger partial charge in [-0.2, -0.15) is 0 Å². The lowest BCUT2D eigenvalue weighted by Crippen LogP contribution is -2.14. The van der Waals surface area contributed by atoms with E-state index in [0.29, 0.717) is 17.2 Å². The SMILES string of the molecule is COc1cncc(C(N)c2cccc(OC)c2OC)c1. The largest absolute Gasteiger partial charge is 0.495 e. The molecule has 2 N–H and O–H groups in total. The molecule has 0 aliphatic carbocycles. The Morgan fingerprint density at radius 3 is 2.50 bits per heavy atom. The van der Waals surface area contributed by atoms with Crippen LogP contribution in [0.15, 0.2) is 36.7 Å². The predicted molar refractivity (Wildman–Crippen MR) is 76.4 cm³/mol. The Hall–Kier alpha value is -2.27. The highest BCUT2D eigenvalue weighted by atomic mass is 16.5. The van der Waals surface area contributed by atoms with E-state index in [2.05, 4.69) is 4.98 Å². The van der Waals surface area contributed by atoms with Crippen LogP contribution in [-0.4, -0.2) is 26.3 Å². The molecular formula is C15H18N2O3. The van der Waals surface area contributed by atoms with Crippen LogP contribution in [-0.2, 0) is 0 Å². The van der Waals surface area contributed by atoms with Crippen LogP contribution in [0.25, 0.3) is 0 Å². The first-order chi connectivity index (χ1) is 9.71. The van der Waals surface area contributed by atoms with Gasteiger partial charge in [-0.15, -0.1) is 0 Å². The molecule has 0 amide bonds. The van der Waals surface area contributed by atoms with E-state index in [1.165, 1.54) is 0 Å². The molecule has 106 valence electrons. The molecule has 0 fully saturated rings. The Labute approximate surface area is 118 Å². The number of methoxy groups -OCH3 is 3. The molecule has 0 bridgehead atoms. The smallest absolute Gasteiger partial charge is 0.165 e. The van der Waals surface area contributed by atoms with Crippen molar-refractivity contribution in [1.29, 1.82) is 0 Å². The molecule has 1 heterocycles. The first kappa shape index (κ1) is 14.1. The van der Waals surface area contributed by atoms with Crippen LogP contribution in [0.5, 0.6) is 17.2 Å². The average Bonchev–Trinajstić information content (AvgIpc) is 2.53. The van der Waals surface area contributed by atoms with E-state index < -0.39 is 0 Å². The van der Waals surface area contributed by atoms with Crippen molar-refractivity contribution in [2.75, 3.05) is 21.3 Å². The van der Waals surface area contributed by atoms with Crippen molar-refractivity contribution in [3.05, 3.63) is 47.8 Å². The first-order valence-corrected chi connectivity index (χ1v) is 6.16.